The van der Waals surface area contributed by atoms with Crippen LogP contribution in [0, 0.1) is 5.82 Å². The smallest absolute Gasteiger partial charge is 0.323 e. The van der Waals surface area contributed by atoms with Crippen LogP contribution in [0.25, 0.3) is 0 Å². The first-order valence-corrected chi connectivity index (χ1v) is 6.45. The Kier molecular flexibility index (Phi) is 4.57. The molecule has 0 radical (unpaired) electrons. The monoisotopic (exact) mass is 283 g/mol. The zero-order valence-electron chi connectivity index (χ0n) is 11.5. The standard InChI is InChI=1S/C14H18FNO4/c1-9(13-10(15)4-3-5-12(13)19-2)16-6-7-20-8-11(16)14(17)18/h3-5,9,11H,6-8H2,1-2H3,(H,17,18). The Bertz CT molecular complexity index is 494. The highest BCUT2D eigenvalue weighted by Crippen LogP contribution is 2.33. The molecule has 1 aliphatic heterocycles. The molecule has 20 heavy (non-hydrogen) atoms. The van der Waals surface area contributed by atoms with E-state index in [9.17, 15) is 14.3 Å². The van der Waals surface area contributed by atoms with Gasteiger partial charge in [-0.25, -0.2) is 4.39 Å². The molecule has 0 amide bonds. The van der Waals surface area contributed by atoms with Crippen LogP contribution in [-0.2, 0) is 9.53 Å². The first-order valence-electron chi connectivity index (χ1n) is 6.45. The average molecular weight is 283 g/mol. The van der Waals surface area contributed by atoms with Crippen LogP contribution in [0.5, 0.6) is 5.75 Å². The average Bonchev–Trinajstić information content (AvgIpc) is 2.46. The number of carboxylic acids is 1. The number of carboxylic acid groups (broad SMARTS) is 1. The van der Waals surface area contributed by atoms with Gasteiger partial charge in [-0.15, -0.1) is 0 Å². The molecule has 5 nitrogen and oxygen atoms in total. The van der Waals surface area contributed by atoms with Gasteiger partial charge < -0.3 is 14.6 Å². The third-order valence-corrected chi connectivity index (χ3v) is 3.60. The summed E-state index contributed by atoms with van der Waals surface area (Å²) in [6, 6.07) is 3.41. The number of hydrogen-bond acceptors (Lipinski definition) is 4. The molecule has 1 saturated heterocycles. The lowest BCUT2D eigenvalue weighted by Crippen LogP contribution is -2.50. The third kappa shape index (κ3) is 2.76. The predicted molar refractivity (Wildman–Crippen MR) is 70.3 cm³/mol. The maximum absolute atomic E-state index is 14.1. The van der Waals surface area contributed by atoms with Crippen LogP contribution < -0.4 is 4.74 Å². The number of rotatable bonds is 4. The lowest BCUT2D eigenvalue weighted by atomic mass is 10.0. The van der Waals surface area contributed by atoms with E-state index < -0.39 is 23.9 Å². The number of morpholine rings is 1. The number of nitrogens with zero attached hydrogens (tertiary/aromatic N) is 1. The fourth-order valence-corrected chi connectivity index (χ4v) is 2.56. The molecule has 0 spiro atoms. The van der Waals surface area contributed by atoms with Gasteiger partial charge in [0.1, 0.15) is 17.6 Å². The number of methoxy groups -OCH3 is 1. The van der Waals surface area contributed by atoms with Gasteiger partial charge in [-0.05, 0) is 19.1 Å². The topological polar surface area (TPSA) is 59.0 Å². The molecule has 2 atom stereocenters. The number of halogens is 1. The second-order valence-corrected chi connectivity index (χ2v) is 4.70. The van der Waals surface area contributed by atoms with Gasteiger partial charge in [0.25, 0.3) is 0 Å². The van der Waals surface area contributed by atoms with E-state index in [-0.39, 0.29) is 6.61 Å². The van der Waals surface area contributed by atoms with Crippen molar-refractivity contribution in [1.29, 1.82) is 0 Å². The molecule has 0 aliphatic carbocycles. The summed E-state index contributed by atoms with van der Waals surface area (Å²) in [6.45, 7) is 2.76. The molecule has 1 heterocycles. The minimum Gasteiger partial charge on any atom is -0.496 e. The fraction of sp³-hybridized carbons (Fsp3) is 0.500. The summed E-state index contributed by atoms with van der Waals surface area (Å²) in [4.78, 5) is 13.0. The summed E-state index contributed by atoms with van der Waals surface area (Å²) in [5.41, 5.74) is 0.378. The second kappa shape index (κ2) is 6.19. The molecule has 6 heteroatoms. The van der Waals surface area contributed by atoms with Gasteiger partial charge in [0, 0.05) is 18.2 Å². The van der Waals surface area contributed by atoms with E-state index in [1.54, 1.807) is 24.0 Å². The van der Waals surface area contributed by atoms with Crippen molar-refractivity contribution in [2.45, 2.75) is 19.0 Å². The maximum atomic E-state index is 14.1. The van der Waals surface area contributed by atoms with Crippen molar-refractivity contribution in [1.82, 2.24) is 4.90 Å². The molecule has 1 fully saturated rings. The van der Waals surface area contributed by atoms with Crippen molar-refractivity contribution in [2.24, 2.45) is 0 Å². The molecule has 1 aliphatic rings. The van der Waals surface area contributed by atoms with Crippen LogP contribution >= 0.6 is 0 Å². The Labute approximate surface area is 116 Å². The fourth-order valence-electron chi connectivity index (χ4n) is 2.56. The van der Waals surface area contributed by atoms with Gasteiger partial charge in [-0.3, -0.25) is 9.69 Å². The molecule has 2 rings (SSSR count). The molecule has 0 bridgehead atoms. The number of aliphatic carboxylic acids is 1. The normalized spacial score (nSPS) is 21.4. The van der Waals surface area contributed by atoms with E-state index in [0.717, 1.165) is 0 Å². The zero-order chi connectivity index (χ0) is 14.7. The third-order valence-electron chi connectivity index (χ3n) is 3.60. The van der Waals surface area contributed by atoms with E-state index in [1.807, 2.05) is 0 Å². The van der Waals surface area contributed by atoms with Crippen molar-refractivity contribution >= 4 is 5.97 Å². The van der Waals surface area contributed by atoms with E-state index in [4.69, 9.17) is 9.47 Å². The summed E-state index contributed by atoms with van der Waals surface area (Å²) < 4.78 is 24.5. The Hall–Kier alpha value is -1.66. The van der Waals surface area contributed by atoms with Gasteiger partial charge in [0.2, 0.25) is 0 Å². The minimum atomic E-state index is -0.966. The number of benzene rings is 1. The van der Waals surface area contributed by atoms with Gasteiger partial charge in [0.15, 0.2) is 0 Å². The molecule has 2 unspecified atom stereocenters. The predicted octanol–water partition coefficient (Wildman–Crippen LogP) is 1.68. The molecular formula is C14H18FNO4. The Morgan fingerprint density at radius 1 is 1.60 bits per heavy atom. The summed E-state index contributed by atoms with van der Waals surface area (Å²) in [5.74, 6) is -0.938. The van der Waals surface area contributed by atoms with Crippen LogP contribution in [0.15, 0.2) is 18.2 Å². The lowest BCUT2D eigenvalue weighted by Gasteiger charge is -2.37. The molecule has 1 N–H and O–H groups in total. The summed E-state index contributed by atoms with van der Waals surface area (Å²) >= 11 is 0. The summed E-state index contributed by atoms with van der Waals surface area (Å²) in [5, 5.41) is 9.25. The highest BCUT2D eigenvalue weighted by Gasteiger charge is 2.34. The molecule has 1 aromatic rings. The Balaban J connectivity index is 2.34. The van der Waals surface area contributed by atoms with E-state index in [1.165, 1.54) is 13.2 Å². The van der Waals surface area contributed by atoms with Gasteiger partial charge >= 0.3 is 5.97 Å². The van der Waals surface area contributed by atoms with E-state index in [2.05, 4.69) is 0 Å². The summed E-state index contributed by atoms with van der Waals surface area (Å²) in [7, 11) is 1.47. The SMILES string of the molecule is COc1cccc(F)c1C(C)N1CCOCC1C(=O)O. The highest BCUT2D eigenvalue weighted by atomic mass is 19.1. The molecule has 0 aromatic heterocycles. The van der Waals surface area contributed by atoms with Crippen molar-refractivity contribution in [3.63, 3.8) is 0 Å². The van der Waals surface area contributed by atoms with Crippen LogP contribution in [-0.4, -0.2) is 48.9 Å². The van der Waals surface area contributed by atoms with Crippen molar-refractivity contribution in [3.8, 4) is 5.75 Å². The van der Waals surface area contributed by atoms with Crippen molar-refractivity contribution in [3.05, 3.63) is 29.6 Å². The molecule has 0 saturated carbocycles. The van der Waals surface area contributed by atoms with Crippen LogP contribution in [0.4, 0.5) is 4.39 Å². The number of hydrogen-bond donors (Lipinski definition) is 1. The first kappa shape index (κ1) is 14.7. The second-order valence-electron chi connectivity index (χ2n) is 4.70. The molecule has 110 valence electrons. The van der Waals surface area contributed by atoms with Gasteiger partial charge in [-0.2, -0.15) is 0 Å². The minimum absolute atomic E-state index is 0.108. The van der Waals surface area contributed by atoms with Crippen LogP contribution in [0.1, 0.15) is 18.5 Å². The van der Waals surface area contributed by atoms with Crippen molar-refractivity contribution < 1.29 is 23.8 Å². The highest BCUT2D eigenvalue weighted by molar-refractivity contribution is 5.73. The Morgan fingerprint density at radius 2 is 2.35 bits per heavy atom. The Morgan fingerprint density at radius 3 is 3.00 bits per heavy atom. The number of carbonyl (C=O) groups is 1. The van der Waals surface area contributed by atoms with Gasteiger partial charge in [-0.1, -0.05) is 6.07 Å². The number of ether oxygens (including phenoxy) is 2. The maximum Gasteiger partial charge on any atom is 0.323 e. The summed E-state index contributed by atoms with van der Waals surface area (Å²) in [6.07, 6.45) is 0. The molecule has 1 aromatic carbocycles. The molecular weight excluding hydrogens is 265 g/mol. The quantitative estimate of drug-likeness (QED) is 0.911. The zero-order valence-corrected chi connectivity index (χ0v) is 11.5. The van der Waals surface area contributed by atoms with Crippen LogP contribution in [0.2, 0.25) is 0 Å². The van der Waals surface area contributed by atoms with E-state index in [0.29, 0.717) is 24.5 Å². The van der Waals surface area contributed by atoms with E-state index >= 15 is 0 Å². The van der Waals surface area contributed by atoms with Gasteiger partial charge in [0.05, 0.1) is 20.3 Å². The lowest BCUT2D eigenvalue weighted by molar-refractivity contribution is -0.151. The largest absolute Gasteiger partial charge is 0.496 e. The van der Waals surface area contributed by atoms with Crippen molar-refractivity contribution in [2.75, 3.05) is 26.9 Å². The van der Waals surface area contributed by atoms with Crippen LogP contribution in [0.3, 0.4) is 0 Å². The first-order chi connectivity index (χ1) is 9.56.